The molecule has 1 atom stereocenters. The molecule has 0 aromatic rings. The lowest BCUT2D eigenvalue weighted by molar-refractivity contribution is -0.201. The lowest BCUT2D eigenvalue weighted by Crippen LogP contribution is -2.70. The van der Waals surface area contributed by atoms with Crippen molar-refractivity contribution in [1.82, 2.24) is 0 Å². The van der Waals surface area contributed by atoms with Crippen LogP contribution in [-0.2, 0) is 0 Å². The van der Waals surface area contributed by atoms with Gasteiger partial charge in [-0.3, -0.25) is 0 Å². The van der Waals surface area contributed by atoms with E-state index >= 15 is 0 Å². The first kappa shape index (κ1) is 8.83. The molecular weight excluding hydrogens is 170 g/mol. The quantitative estimate of drug-likeness (QED) is 0.620. The van der Waals surface area contributed by atoms with Crippen molar-refractivity contribution >= 4 is 12.4 Å². The molecule has 3 aliphatic carbocycles. The summed E-state index contributed by atoms with van der Waals surface area (Å²) in [5.41, 5.74) is 7.56. The summed E-state index contributed by atoms with van der Waals surface area (Å²) < 4.78 is 0. The topological polar surface area (TPSA) is 26.0 Å². The van der Waals surface area contributed by atoms with Crippen molar-refractivity contribution in [2.75, 3.05) is 0 Å². The molecule has 0 saturated heterocycles. The first-order valence-electron chi connectivity index (χ1n) is 5.05. The lowest BCUT2D eigenvalue weighted by atomic mass is 9.34. The first-order valence-corrected chi connectivity index (χ1v) is 5.05. The summed E-state index contributed by atoms with van der Waals surface area (Å²) in [5.74, 6) is 0. The van der Waals surface area contributed by atoms with Crippen molar-refractivity contribution in [2.45, 2.75) is 51.0 Å². The van der Waals surface area contributed by atoms with Gasteiger partial charge < -0.3 is 5.73 Å². The Morgan fingerprint density at radius 2 is 1.58 bits per heavy atom. The van der Waals surface area contributed by atoms with Gasteiger partial charge in [0.05, 0.1) is 0 Å². The molecule has 2 heteroatoms. The largest absolute Gasteiger partial charge is 0.327 e. The van der Waals surface area contributed by atoms with Crippen molar-refractivity contribution in [3.63, 3.8) is 0 Å². The Morgan fingerprint density at radius 1 is 1.00 bits per heavy atom. The molecule has 12 heavy (non-hydrogen) atoms. The zero-order chi connectivity index (χ0) is 7.53. The SMILES string of the molecule is Cl.NC1CC2(CCC2)C12CCC2. The van der Waals surface area contributed by atoms with E-state index < -0.39 is 0 Å². The van der Waals surface area contributed by atoms with Gasteiger partial charge in [-0.25, -0.2) is 0 Å². The van der Waals surface area contributed by atoms with E-state index in [1.807, 2.05) is 0 Å². The van der Waals surface area contributed by atoms with E-state index in [1.54, 1.807) is 0 Å². The second-order valence-corrected chi connectivity index (χ2v) is 4.95. The van der Waals surface area contributed by atoms with Crippen LogP contribution in [0.15, 0.2) is 0 Å². The summed E-state index contributed by atoms with van der Waals surface area (Å²) >= 11 is 0. The van der Waals surface area contributed by atoms with Crippen LogP contribution in [0.25, 0.3) is 0 Å². The minimum atomic E-state index is 0. The van der Waals surface area contributed by atoms with Gasteiger partial charge >= 0.3 is 0 Å². The highest BCUT2D eigenvalue weighted by Gasteiger charge is 2.67. The van der Waals surface area contributed by atoms with Crippen molar-refractivity contribution in [3.8, 4) is 0 Å². The van der Waals surface area contributed by atoms with E-state index in [0.717, 1.165) is 5.41 Å². The summed E-state index contributed by atoms with van der Waals surface area (Å²) in [7, 11) is 0. The lowest BCUT2D eigenvalue weighted by Gasteiger charge is -2.72. The number of halogens is 1. The third kappa shape index (κ3) is 0.667. The summed E-state index contributed by atoms with van der Waals surface area (Å²) in [4.78, 5) is 0. The van der Waals surface area contributed by atoms with Gasteiger partial charge in [-0.1, -0.05) is 12.8 Å². The maximum Gasteiger partial charge on any atom is 0.0106 e. The van der Waals surface area contributed by atoms with E-state index in [4.69, 9.17) is 5.73 Å². The zero-order valence-electron chi connectivity index (χ0n) is 7.51. The molecular formula is C10H18ClN. The van der Waals surface area contributed by atoms with Gasteiger partial charge in [0.2, 0.25) is 0 Å². The molecule has 70 valence electrons. The molecule has 3 aliphatic rings. The summed E-state index contributed by atoms with van der Waals surface area (Å²) in [5, 5.41) is 0. The number of hydrogen-bond donors (Lipinski definition) is 1. The molecule has 1 unspecified atom stereocenters. The van der Waals surface area contributed by atoms with Crippen LogP contribution in [0.3, 0.4) is 0 Å². The molecule has 0 heterocycles. The van der Waals surface area contributed by atoms with Gasteiger partial charge in [0.1, 0.15) is 0 Å². The normalized spacial score (nSPS) is 39.2. The van der Waals surface area contributed by atoms with E-state index in [0.29, 0.717) is 11.5 Å². The fraction of sp³-hybridized carbons (Fsp3) is 1.00. The van der Waals surface area contributed by atoms with E-state index in [9.17, 15) is 0 Å². The number of hydrogen-bond acceptors (Lipinski definition) is 1. The Labute approximate surface area is 80.5 Å². The van der Waals surface area contributed by atoms with E-state index in [1.165, 1.54) is 44.9 Å². The third-order valence-electron chi connectivity index (χ3n) is 4.93. The van der Waals surface area contributed by atoms with Gasteiger partial charge in [0.25, 0.3) is 0 Å². The number of fused-ring (bicyclic) bond motifs is 1. The zero-order valence-corrected chi connectivity index (χ0v) is 8.33. The average Bonchev–Trinajstić information content (AvgIpc) is 1.73. The predicted octanol–water partition coefficient (Wildman–Crippen LogP) is 2.48. The third-order valence-corrected chi connectivity index (χ3v) is 4.93. The monoisotopic (exact) mass is 187 g/mol. The van der Waals surface area contributed by atoms with Crippen molar-refractivity contribution in [3.05, 3.63) is 0 Å². The van der Waals surface area contributed by atoms with Gasteiger partial charge in [0, 0.05) is 6.04 Å². The van der Waals surface area contributed by atoms with E-state index in [-0.39, 0.29) is 12.4 Å². The molecule has 1 nitrogen and oxygen atoms in total. The van der Waals surface area contributed by atoms with Crippen molar-refractivity contribution in [2.24, 2.45) is 16.6 Å². The second-order valence-electron chi connectivity index (χ2n) is 4.95. The van der Waals surface area contributed by atoms with Crippen LogP contribution < -0.4 is 5.73 Å². The average molecular weight is 188 g/mol. The van der Waals surface area contributed by atoms with Crippen LogP contribution in [-0.4, -0.2) is 6.04 Å². The summed E-state index contributed by atoms with van der Waals surface area (Å²) in [6.45, 7) is 0. The first-order chi connectivity index (χ1) is 5.29. The molecule has 3 fully saturated rings. The summed E-state index contributed by atoms with van der Waals surface area (Å²) in [6, 6.07) is 0.580. The molecule has 2 spiro atoms. The predicted molar refractivity (Wildman–Crippen MR) is 52.4 cm³/mol. The van der Waals surface area contributed by atoms with Crippen LogP contribution in [0.1, 0.15) is 44.9 Å². The fourth-order valence-corrected chi connectivity index (χ4v) is 3.85. The Kier molecular flexibility index (Phi) is 1.76. The van der Waals surface area contributed by atoms with E-state index in [2.05, 4.69) is 0 Å². The number of nitrogens with two attached hydrogens (primary N) is 1. The molecule has 0 aromatic heterocycles. The Bertz CT molecular complexity index is 194. The van der Waals surface area contributed by atoms with Crippen LogP contribution in [0.2, 0.25) is 0 Å². The van der Waals surface area contributed by atoms with Gasteiger partial charge in [0.15, 0.2) is 0 Å². The number of rotatable bonds is 0. The van der Waals surface area contributed by atoms with Crippen LogP contribution in [0, 0.1) is 10.8 Å². The van der Waals surface area contributed by atoms with Crippen molar-refractivity contribution < 1.29 is 0 Å². The molecule has 0 bridgehead atoms. The van der Waals surface area contributed by atoms with Crippen molar-refractivity contribution in [1.29, 1.82) is 0 Å². The second kappa shape index (κ2) is 2.39. The molecule has 0 aromatic carbocycles. The molecule has 3 rings (SSSR count). The molecule has 0 amide bonds. The van der Waals surface area contributed by atoms with Gasteiger partial charge in [-0.05, 0) is 42.9 Å². The minimum absolute atomic E-state index is 0. The maximum absolute atomic E-state index is 6.10. The Morgan fingerprint density at radius 3 is 1.75 bits per heavy atom. The van der Waals surface area contributed by atoms with Crippen LogP contribution >= 0.6 is 12.4 Å². The highest BCUT2D eigenvalue weighted by molar-refractivity contribution is 5.85. The molecule has 2 N–H and O–H groups in total. The minimum Gasteiger partial charge on any atom is -0.327 e. The Hall–Kier alpha value is 0.250. The van der Waals surface area contributed by atoms with Gasteiger partial charge in [-0.2, -0.15) is 0 Å². The Balaban J connectivity index is 0.000000563. The smallest absolute Gasteiger partial charge is 0.0106 e. The maximum atomic E-state index is 6.10. The standard InChI is InChI=1S/C10H17N.ClH/c11-8-7-9(3-1-4-9)10(8)5-2-6-10;/h8H,1-7,11H2;1H. The van der Waals surface area contributed by atoms with Gasteiger partial charge in [-0.15, -0.1) is 12.4 Å². The molecule has 0 radical (unpaired) electrons. The van der Waals surface area contributed by atoms with Crippen LogP contribution in [0.4, 0.5) is 0 Å². The van der Waals surface area contributed by atoms with Crippen LogP contribution in [0.5, 0.6) is 0 Å². The molecule has 0 aliphatic heterocycles. The molecule has 3 saturated carbocycles. The summed E-state index contributed by atoms with van der Waals surface area (Å²) in [6.07, 6.45) is 10.2. The highest BCUT2D eigenvalue weighted by atomic mass is 35.5. The fourth-order valence-electron chi connectivity index (χ4n) is 3.85. The highest BCUT2D eigenvalue weighted by Crippen LogP contribution is 2.73.